The Balaban J connectivity index is 1.42. The lowest BCUT2D eigenvalue weighted by atomic mass is 9.66. The van der Waals surface area contributed by atoms with Crippen LogP contribution < -0.4 is 10.2 Å². The molecule has 3 fully saturated rings. The number of carbonyl (C=O) groups is 1. The van der Waals surface area contributed by atoms with E-state index in [0.29, 0.717) is 30.2 Å². The molecule has 2 saturated carbocycles. The molecule has 2 aliphatic carbocycles. The number of fused-ring (bicyclic) bond motifs is 1. The lowest BCUT2D eigenvalue weighted by molar-refractivity contribution is -0.122. The van der Waals surface area contributed by atoms with E-state index < -0.39 is 5.41 Å². The highest BCUT2D eigenvalue weighted by Gasteiger charge is 2.45. The van der Waals surface area contributed by atoms with Gasteiger partial charge in [0.1, 0.15) is 12.4 Å². The molecule has 3 N–H and O–H groups in total. The van der Waals surface area contributed by atoms with E-state index in [0.717, 1.165) is 37.9 Å². The predicted octanol–water partition coefficient (Wildman–Crippen LogP) is 0.380. The van der Waals surface area contributed by atoms with Crippen molar-refractivity contribution < 1.29 is 15.0 Å². The highest BCUT2D eigenvalue weighted by molar-refractivity contribution is 5.90. The van der Waals surface area contributed by atoms with Crippen molar-refractivity contribution in [1.82, 2.24) is 24.8 Å². The van der Waals surface area contributed by atoms with Gasteiger partial charge in [-0.15, -0.1) is 0 Å². The van der Waals surface area contributed by atoms with Gasteiger partial charge in [0.25, 0.3) is 0 Å². The van der Waals surface area contributed by atoms with E-state index in [2.05, 4.69) is 25.2 Å². The van der Waals surface area contributed by atoms with Crippen LogP contribution in [-0.4, -0.2) is 67.5 Å². The first-order valence-corrected chi connectivity index (χ1v) is 10.1. The van der Waals surface area contributed by atoms with Crippen LogP contribution in [0.5, 0.6) is 0 Å². The summed E-state index contributed by atoms with van der Waals surface area (Å²) < 4.78 is 2.01. The van der Waals surface area contributed by atoms with Gasteiger partial charge in [-0.3, -0.25) is 4.79 Å². The van der Waals surface area contributed by atoms with E-state index in [1.807, 2.05) is 4.57 Å². The first-order chi connectivity index (χ1) is 13.6. The van der Waals surface area contributed by atoms with E-state index in [1.165, 1.54) is 6.33 Å². The topological polar surface area (TPSA) is 116 Å². The van der Waals surface area contributed by atoms with Crippen LogP contribution in [0.15, 0.2) is 12.7 Å². The first kappa shape index (κ1) is 17.8. The molecule has 1 saturated heterocycles. The Kier molecular flexibility index (Phi) is 4.24. The number of anilines is 1. The Morgan fingerprint density at radius 1 is 1.18 bits per heavy atom. The van der Waals surface area contributed by atoms with Crippen molar-refractivity contribution >= 4 is 22.9 Å². The fourth-order valence-corrected chi connectivity index (χ4v) is 4.58. The summed E-state index contributed by atoms with van der Waals surface area (Å²) in [7, 11) is 0. The average Bonchev–Trinajstić information content (AvgIpc) is 3.19. The molecule has 5 rings (SSSR count). The van der Waals surface area contributed by atoms with Crippen LogP contribution in [0.2, 0.25) is 0 Å². The van der Waals surface area contributed by atoms with Crippen molar-refractivity contribution in [3.05, 3.63) is 12.7 Å². The van der Waals surface area contributed by atoms with Crippen LogP contribution in [0.3, 0.4) is 0 Å². The average molecular weight is 386 g/mol. The Morgan fingerprint density at radius 3 is 2.68 bits per heavy atom. The van der Waals surface area contributed by atoms with Gasteiger partial charge in [-0.2, -0.15) is 0 Å². The maximum Gasteiger partial charge on any atom is 0.242 e. The van der Waals surface area contributed by atoms with Gasteiger partial charge < -0.3 is 25.0 Å². The molecular formula is C19H26N6O3. The molecule has 2 aromatic heterocycles. The number of nitrogens with zero attached hydrogens (tertiary/aromatic N) is 5. The molecule has 2 aromatic rings. The predicted molar refractivity (Wildman–Crippen MR) is 102 cm³/mol. The highest BCUT2D eigenvalue weighted by Crippen LogP contribution is 2.48. The maximum atomic E-state index is 12.7. The summed E-state index contributed by atoms with van der Waals surface area (Å²) in [6.45, 7) is 0.750. The third kappa shape index (κ3) is 2.84. The van der Waals surface area contributed by atoms with Crippen LogP contribution in [0.4, 0.5) is 5.82 Å². The molecule has 0 radical (unpaired) electrons. The van der Waals surface area contributed by atoms with Crippen LogP contribution in [0.1, 0.15) is 44.6 Å². The zero-order valence-electron chi connectivity index (χ0n) is 15.8. The second-order valence-electron chi connectivity index (χ2n) is 8.53. The molecule has 9 heteroatoms. The number of carbonyl (C=O) groups excluding carboxylic acids is 1. The minimum absolute atomic E-state index is 0.0154. The zero-order chi connectivity index (χ0) is 19.3. The van der Waals surface area contributed by atoms with Gasteiger partial charge in [-0.1, -0.05) is 0 Å². The Morgan fingerprint density at radius 2 is 1.96 bits per heavy atom. The molecule has 3 heterocycles. The van der Waals surface area contributed by atoms with Crippen molar-refractivity contribution in [2.45, 2.75) is 56.7 Å². The number of amides is 1. The largest absolute Gasteiger partial charge is 0.396 e. The summed E-state index contributed by atoms with van der Waals surface area (Å²) in [5, 5.41) is 22.2. The third-order valence-electron chi connectivity index (χ3n) is 6.49. The molecule has 0 bridgehead atoms. The van der Waals surface area contributed by atoms with Gasteiger partial charge in [0.05, 0.1) is 19.5 Å². The number of hydrogen-bond donors (Lipinski definition) is 3. The van der Waals surface area contributed by atoms with E-state index in [9.17, 15) is 15.0 Å². The number of rotatable bonds is 6. The third-order valence-corrected chi connectivity index (χ3v) is 6.49. The summed E-state index contributed by atoms with van der Waals surface area (Å²) in [5.74, 6) is 0.799. The molecule has 150 valence electrons. The summed E-state index contributed by atoms with van der Waals surface area (Å²) in [5.41, 5.74) is 1.05. The fraction of sp³-hybridized carbons (Fsp3) is 0.684. The van der Waals surface area contributed by atoms with Gasteiger partial charge >= 0.3 is 0 Å². The van der Waals surface area contributed by atoms with Crippen molar-refractivity contribution in [1.29, 1.82) is 0 Å². The first-order valence-electron chi connectivity index (χ1n) is 10.1. The maximum absolute atomic E-state index is 12.7. The zero-order valence-corrected chi connectivity index (χ0v) is 15.8. The quantitative estimate of drug-likeness (QED) is 0.657. The highest BCUT2D eigenvalue weighted by atomic mass is 16.3. The van der Waals surface area contributed by atoms with E-state index >= 15 is 0 Å². The summed E-state index contributed by atoms with van der Waals surface area (Å²) >= 11 is 0. The van der Waals surface area contributed by atoms with E-state index in [-0.39, 0.29) is 31.2 Å². The molecular weight excluding hydrogens is 360 g/mol. The van der Waals surface area contributed by atoms with Crippen molar-refractivity contribution in [2.24, 2.45) is 5.41 Å². The normalized spacial score (nSPS) is 24.5. The SMILES string of the molecule is O=C(NC1CC1)C1CCCN1c1ncnc2c1ncn2C1CC(CO)(CO)C1. The number of hydrogen-bond acceptors (Lipinski definition) is 7. The second kappa shape index (κ2) is 6.66. The number of aromatic nitrogens is 4. The molecule has 3 aliphatic rings. The minimum atomic E-state index is -0.405. The van der Waals surface area contributed by atoms with Crippen LogP contribution in [-0.2, 0) is 4.79 Å². The van der Waals surface area contributed by atoms with Gasteiger partial charge in [-0.05, 0) is 38.5 Å². The molecule has 0 spiro atoms. The van der Waals surface area contributed by atoms with Crippen molar-refractivity contribution in [3.8, 4) is 0 Å². The van der Waals surface area contributed by atoms with Crippen LogP contribution in [0, 0.1) is 5.41 Å². The van der Waals surface area contributed by atoms with Gasteiger partial charge in [-0.25, -0.2) is 15.0 Å². The molecule has 1 unspecified atom stereocenters. The van der Waals surface area contributed by atoms with Gasteiger partial charge in [0.2, 0.25) is 5.91 Å². The van der Waals surface area contributed by atoms with Gasteiger partial charge in [0.15, 0.2) is 17.0 Å². The molecule has 9 nitrogen and oxygen atoms in total. The molecule has 28 heavy (non-hydrogen) atoms. The van der Waals surface area contributed by atoms with Crippen molar-refractivity contribution in [3.63, 3.8) is 0 Å². The number of imidazole rings is 1. The van der Waals surface area contributed by atoms with E-state index in [1.54, 1.807) is 6.33 Å². The minimum Gasteiger partial charge on any atom is -0.396 e. The Hall–Kier alpha value is -2.26. The fourth-order valence-electron chi connectivity index (χ4n) is 4.58. The molecule has 0 aromatic carbocycles. The van der Waals surface area contributed by atoms with Crippen LogP contribution >= 0.6 is 0 Å². The van der Waals surface area contributed by atoms with E-state index in [4.69, 9.17) is 0 Å². The lowest BCUT2D eigenvalue weighted by Crippen LogP contribution is -2.44. The molecule has 1 atom stereocenters. The van der Waals surface area contributed by atoms with Crippen molar-refractivity contribution in [2.75, 3.05) is 24.7 Å². The second-order valence-corrected chi connectivity index (χ2v) is 8.53. The smallest absolute Gasteiger partial charge is 0.242 e. The summed E-state index contributed by atoms with van der Waals surface area (Å²) in [4.78, 5) is 28.2. The summed E-state index contributed by atoms with van der Waals surface area (Å²) in [6.07, 6.45) is 8.61. The Labute approximate surface area is 162 Å². The summed E-state index contributed by atoms with van der Waals surface area (Å²) in [6, 6.07) is 0.292. The molecule has 1 aliphatic heterocycles. The number of nitrogens with one attached hydrogen (secondary N) is 1. The number of aliphatic hydroxyl groups excluding tert-OH is 2. The lowest BCUT2D eigenvalue weighted by Gasteiger charge is -2.45. The monoisotopic (exact) mass is 386 g/mol. The Bertz CT molecular complexity index is 883. The standard InChI is InChI=1S/C19H26N6O3/c26-8-19(9-27)6-13(7-19)25-11-22-15-16(20-10-21-17(15)25)24-5-1-2-14(24)18(28)23-12-3-4-12/h10-14,26-27H,1-9H2,(H,23,28). The number of aliphatic hydroxyl groups is 2. The molecule has 1 amide bonds. The van der Waals surface area contributed by atoms with Crippen LogP contribution in [0.25, 0.3) is 11.2 Å². The van der Waals surface area contributed by atoms with Gasteiger partial charge in [0, 0.05) is 24.0 Å².